The SMILES string of the molecule is CCC(O)COS(=O)(=O)c1cccc([N+](=O)[O-])c1. The molecule has 7 nitrogen and oxygen atoms in total. The molecule has 0 saturated carbocycles. The van der Waals surface area contributed by atoms with Crippen LogP contribution in [0.25, 0.3) is 0 Å². The van der Waals surface area contributed by atoms with E-state index in [0.717, 1.165) is 6.07 Å². The predicted octanol–water partition coefficient (Wildman–Crippen LogP) is 1.07. The van der Waals surface area contributed by atoms with Crippen LogP contribution in [0.5, 0.6) is 0 Å². The molecule has 0 amide bonds. The van der Waals surface area contributed by atoms with E-state index < -0.39 is 21.1 Å². The highest BCUT2D eigenvalue weighted by Crippen LogP contribution is 2.19. The monoisotopic (exact) mass is 275 g/mol. The first-order chi connectivity index (χ1) is 8.36. The Bertz CT molecular complexity index is 527. The fourth-order valence-electron chi connectivity index (χ4n) is 1.11. The van der Waals surface area contributed by atoms with Crippen molar-refractivity contribution in [3.8, 4) is 0 Å². The summed E-state index contributed by atoms with van der Waals surface area (Å²) < 4.78 is 27.9. The van der Waals surface area contributed by atoms with E-state index in [0.29, 0.717) is 6.42 Å². The first-order valence-electron chi connectivity index (χ1n) is 5.18. The minimum absolute atomic E-state index is 0.306. The highest BCUT2D eigenvalue weighted by molar-refractivity contribution is 7.86. The standard InChI is InChI=1S/C10H13NO6S/c1-2-9(12)7-17-18(15,16)10-5-3-4-8(6-10)11(13)14/h3-6,9,12H,2,7H2,1H3. The zero-order valence-corrected chi connectivity index (χ0v) is 10.5. The van der Waals surface area contributed by atoms with Gasteiger partial charge in [-0.15, -0.1) is 0 Å². The van der Waals surface area contributed by atoms with Crippen molar-refractivity contribution < 1.29 is 22.6 Å². The molecule has 18 heavy (non-hydrogen) atoms. The molecule has 0 aliphatic heterocycles. The summed E-state index contributed by atoms with van der Waals surface area (Å²) in [5.41, 5.74) is -0.337. The molecule has 0 fully saturated rings. The van der Waals surface area contributed by atoms with Crippen LogP contribution in [0.3, 0.4) is 0 Å². The summed E-state index contributed by atoms with van der Waals surface area (Å²) >= 11 is 0. The van der Waals surface area contributed by atoms with E-state index in [-0.39, 0.29) is 17.2 Å². The number of nitro groups is 1. The van der Waals surface area contributed by atoms with Crippen molar-refractivity contribution in [3.63, 3.8) is 0 Å². The number of aliphatic hydroxyl groups is 1. The maximum absolute atomic E-state index is 11.7. The number of non-ortho nitro benzene ring substituents is 1. The Balaban J connectivity index is 2.91. The van der Waals surface area contributed by atoms with Gasteiger partial charge >= 0.3 is 0 Å². The Kier molecular flexibility index (Phi) is 4.76. The summed E-state index contributed by atoms with van der Waals surface area (Å²) in [6, 6.07) is 4.54. The zero-order chi connectivity index (χ0) is 13.8. The van der Waals surface area contributed by atoms with Gasteiger partial charge in [-0.1, -0.05) is 13.0 Å². The maximum Gasteiger partial charge on any atom is 0.297 e. The van der Waals surface area contributed by atoms with Crippen LogP contribution in [0.1, 0.15) is 13.3 Å². The van der Waals surface area contributed by atoms with Gasteiger partial charge in [0.2, 0.25) is 0 Å². The number of nitro benzene ring substituents is 1. The second kappa shape index (κ2) is 5.89. The second-order valence-corrected chi connectivity index (χ2v) is 5.17. The lowest BCUT2D eigenvalue weighted by Crippen LogP contribution is -2.18. The van der Waals surface area contributed by atoms with Crippen LogP contribution < -0.4 is 0 Å². The summed E-state index contributed by atoms with van der Waals surface area (Å²) in [7, 11) is -4.09. The molecule has 1 aromatic carbocycles. The van der Waals surface area contributed by atoms with E-state index in [2.05, 4.69) is 4.18 Å². The van der Waals surface area contributed by atoms with Crippen molar-refractivity contribution in [3.05, 3.63) is 34.4 Å². The third-order valence-corrected chi connectivity index (χ3v) is 3.48. The third-order valence-electron chi connectivity index (χ3n) is 2.20. The Morgan fingerprint density at radius 3 is 2.72 bits per heavy atom. The van der Waals surface area contributed by atoms with Crippen LogP contribution in [-0.4, -0.2) is 31.2 Å². The number of nitrogens with zero attached hydrogens (tertiary/aromatic N) is 1. The Morgan fingerprint density at radius 2 is 2.17 bits per heavy atom. The molecule has 0 spiro atoms. The summed E-state index contributed by atoms with van der Waals surface area (Å²) in [4.78, 5) is 9.52. The summed E-state index contributed by atoms with van der Waals surface area (Å²) in [6.45, 7) is 1.30. The molecule has 0 aromatic heterocycles. The third kappa shape index (κ3) is 3.76. The molecule has 8 heteroatoms. The molecule has 0 radical (unpaired) electrons. The van der Waals surface area contributed by atoms with E-state index in [1.165, 1.54) is 18.2 Å². The smallest absolute Gasteiger partial charge is 0.297 e. The first-order valence-corrected chi connectivity index (χ1v) is 6.59. The maximum atomic E-state index is 11.7. The van der Waals surface area contributed by atoms with Crippen LogP contribution >= 0.6 is 0 Å². The molecular formula is C10H13NO6S. The molecular weight excluding hydrogens is 262 g/mol. The quantitative estimate of drug-likeness (QED) is 0.473. The normalized spacial score (nSPS) is 13.2. The molecule has 1 unspecified atom stereocenters. The zero-order valence-electron chi connectivity index (χ0n) is 9.64. The van der Waals surface area contributed by atoms with E-state index in [9.17, 15) is 23.6 Å². The van der Waals surface area contributed by atoms with Crippen LogP contribution in [0.2, 0.25) is 0 Å². The van der Waals surface area contributed by atoms with Crippen LogP contribution in [0.4, 0.5) is 5.69 Å². The molecule has 0 bridgehead atoms. The van der Waals surface area contributed by atoms with Crippen molar-refractivity contribution in [1.29, 1.82) is 0 Å². The number of hydrogen-bond acceptors (Lipinski definition) is 6. The lowest BCUT2D eigenvalue weighted by molar-refractivity contribution is -0.385. The molecule has 1 rings (SSSR count). The largest absolute Gasteiger partial charge is 0.391 e. The van der Waals surface area contributed by atoms with Gasteiger partial charge in [-0.05, 0) is 12.5 Å². The molecule has 0 heterocycles. The average molecular weight is 275 g/mol. The van der Waals surface area contributed by atoms with Gasteiger partial charge in [-0.25, -0.2) is 0 Å². The Morgan fingerprint density at radius 1 is 1.50 bits per heavy atom. The van der Waals surface area contributed by atoms with Gasteiger partial charge in [0.25, 0.3) is 15.8 Å². The first kappa shape index (κ1) is 14.6. The fraction of sp³-hybridized carbons (Fsp3) is 0.400. The molecule has 1 atom stereocenters. The van der Waals surface area contributed by atoms with E-state index in [4.69, 9.17) is 0 Å². The van der Waals surface area contributed by atoms with Crippen molar-refractivity contribution in [1.82, 2.24) is 0 Å². The molecule has 1 N–H and O–H groups in total. The highest BCUT2D eigenvalue weighted by atomic mass is 32.2. The minimum atomic E-state index is -4.09. The van der Waals surface area contributed by atoms with Gasteiger partial charge in [0.05, 0.1) is 17.6 Å². The highest BCUT2D eigenvalue weighted by Gasteiger charge is 2.19. The van der Waals surface area contributed by atoms with Crippen molar-refractivity contribution in [2.75, 3.05) is 6.61 Å². The van der Waals surface area contributed by atoms with Gasteiger partial charge < -0.3 is 5.11 Å². The van der Waals surface area contributed by atoms with Crippen LogP contribution in [-0.2, 0) is 14.3 Å². The van der Waals surface area contributed by atoms with Gasteiger partial charge in [0.1, 0.15) is 4.90 Å². The van der Waals surface area contributed by atoms with E-state index >= 15 is 0 Å². The lowest BCUT2D eigenvalue weighted by Gasteiger charge is -2.08. The second-order valence-electron chi connectivity index (χ2n) is 3.56. The van der Waals surface area contributed by atoms with Crippen LogP contribution in [0, 0.1) is 10.1 Å². The van der Waals surface area contributed by atoms with E-state index in [1.54, 1.807) is 6.92 Å². The topological polar surface area (TPSA) is 107 Å². The number of hydrogen-bond donors (Lipinski definition) is 1. The van der Waals surface area contributed by atoms with Crippen LogP contribution in [0.15, 0.2) is 29.2 Å². The number of benzene rings is 1. The van der Waals surface area contributed by atoms with Gasteiger partial charge in [-0.2, -0.15) is 8.42 Å². The van der Waals surface area contributed by atoms with Crippen molar-refractivity contribution in [2.24, 2.45) is 0 Å². The Hall–Kier alpha value is -1.51. The summed E-state index contributed by atoms with van der Waals surface area (Å²) in [5.74, 6) is 0. The molecule has 100 valence electrons. The van der Waals surface area contributed by atoms with Crippen molar-refractivity contribution >= 4 is 15.8 Å². The minimum Gasteiger partial charge on any atom is -0.391 e. The van der Waals surface area contributed by atoms with Gasteiger partial charge in [0, 0.05) is 12.1 Å². The Labute approximate surface area is 104 Å². The van der Waals surface area contributed by atoms with Gasteiger partial charge in [0.15, 0.2) is 0 Å². The fourth-order valence-corrected chi connectivity index (χ4v) is 2.09. The summed E-state index contributed by atoms with van der Waals surface area (Å²) in [5, 5.41) is 19.7. The van der Waals surface area contributed by atoms with Crippen molar-refractivity contribution in [2.45, 2.75) is 24.3 Å². The predicted molar refractivity (Wildman–Crippen MR) is 62.5 cm³/mol. The average Bonchev–Trinajstić information content (AvgIpc) is 2.36. The number of rotatable bonds is 6. The summed E-state index contributed by atoms with van der Waals surface area (Å²) in [6.07, 6.45) is -0.539. The molecule has 0 saturated heterocycles. The molecule has 0 aliphatic rings. The molecule has 1 aromatic rings. The van der Waals surface area contributed by atoms with E-state index in [1.807, 2.05) is 0 Å². The lowest BCUT2D eigenvalue weighted by atomic mass is 10.3. The number of aliphatic hydroxyl groups excluding tert-OH is 1. The molecule has 0 aliphatic carbocycles. The van der Waals surface area contributed by atoms with Gasteiger partial charge in [-0.3, -0.25) is 14.3 Å².